The molecular weight excluding hydrogens is 352 g/mol. The molecule has 0 aromatic carbocycles. The van der Waals surface area contributed by atoms with Crippen molar-refractivity contribution < 1.29 is 17.7 Å². The molecule has 2 aromatic heterocycles. The number of thiazole rings is 1. The third-order valence-electron chi connectivity index (χ3n) is 3.76. The molecule has 128 valence electrons. The Kier molecular flexibility index (Phi) is 4.28. The lowest BCUT2D eigenvalue weighted by Crippen LogP contribution is -2.51. The van der Waals surface area contributed by atoms with Gasteiger partial charge in [0, 0.05) is 24.7 Å². The van der Waals surface area contributed by atoms with Crippen LogP contribution in [0.15, 0.2) is 22.7 Å². The van der Waals surface area contributed by atoms with Crippen molar-refractivity contribution in [2.75, 3.05) is 24.5 Å². The minimum atomic E-state index is -3.59. The highest BCUT2D eigenvalue weighted by Crippen LogP contribution is 2.35. The topological polar surface area (TPSA) is 96.6 Å². The van der Waals surface area contributed by atoms with E-state index in [-0.39, 0.29) is 25.5 Å². The zero-order chi connectivity index (χ0) is 17.5. The number of amides is 1. The number of nitrogens with zero attached hydrogens (tertiary/aromatic N) is 4. The summed E-state index contributed by atoms with van der Waals surface area (Å²) in [5.41, 5.74) is 1.63. The Balaban J connectivity index is 1.82. The number of aromatic nitrogens is 2. The highest BCUT2D eigenvalue weighted by molar-refractivity contribution is 7.92. The average Bonchev–Trinajstić information content (AvgIpc) is 3.14. The molecule has 0 aliphatic carbocycles. The summed E-state index contributed by atoms with van der Waals surface area (Å²) < 4.78 is 29.8. The van der Waals surface area contributed by atoms with Crippen molar-refractivity contribution >= 4 is 32.4 Å². The van der Waals surface area contributed by atoms with Gasteiger partial charge >= 0.3 is 0 Å². The molecule has 3 heterocycles. The third-order valence-corrected chi connectivity index (χ3v) is 6.25. The Hall–Kier alpha value is -2.04. The van der Waals surface area contributed by atoms with Crippen molar-refractivity contribution in [2.45, 2.75) is 13.8 Å². The van der Waals surface area contributed by atoms with Gasteiger partial charge in [-0.2, -0.15) is 4.31 Å². The van der Waals surface area contributed by atoms with Crippen LogP contribution in [0.2, 0.25) is 0 Å². The van der Waals surface area contributed by atoms with Crippen LogP contribution in [0.4, 0.5) is 5.13 Å². The summed E-state index contributed by atoms with van der Waals surface area (Å²) in [4.78, 5) is 19.0. The van der Waals surface area contributed by atoms with E-state index in [9.17, 15) is 13.2 Å². The van der Waals surface area contributed by atoms with Gasteiger partial charge in [-0.15, -0.1) is 0 Å². The predicted molar refractivity (Wildman–Crippen MR) is 90.1 cm³/mol. The Labute approximate surface area is 143 Å². The molecule has 0 unspecified atom stereocenters. The molecule has 0 bridgehead atoms. The van der Waals surface area contributed by atoms with E-state index >= 15 is 0 Å². The van der Waals surface area contributed by atoms with Crippen molar-refractivity contribution in [3.8, 4) is 10.4 Å². The fourth-order valence-electron chi connectivity index (χ4n) is 2.52. The monoisotopic (exact) mass is 368 g/mol. The van der Waals surface area contributed by atoms with Crippen molar-refractivity contribution in [3.05, 3.63) is 29.6 Å². The molecule has 0 saturated carbocycles. The zero-order valence-corrected chi connectivity index (χ0v) is 14.9. The van der Waals surface area contributed by atoms with Gasteiger partial charge in [0.2, 0.25) is 15.9 Å². The second kappa shape index (κ2) is 6.11. The first-order valence-corrected chi connectivity index (χ1v) is 9.47. The molecule has 0 spiro atoms. The predicted octanol–water partition coefficient (Wildman–Crippen LogP) is 1.54. The van der Waals surface area contributed by atoms with Crippen LogP contribution in [-0.2, 0) is 14.8 Å². The number of sulfonamides is 1. The maximum absolute atomic E-state index is 12.3. The summed E-state index contributed by atoms with van der Waals surface area (Å²) in [6.07, 6.45) is 1.67. The number of rotatable bonds is 4. The highest BCUT2D eigenvalue weighted by Gasteiger charge is 2.32. The largest absolute Gasteiger partial charge is 0.361 e. The van der Waals surface area contributed by atoms with Crippen LogP contribution in [0.1, 0.15) is 11.5 Å². The van der Waals surface area contributed by atoms with E-state index in [2.05, 4.69) is 16.7 Å². The first-order chi connectivity index (χ1) is 11.3. The molecule has 1 amide bonds. The quantitative estimate of drug-likeness (QED) is 0.812. The molecule has 0 atom stereocenters. The van der Waals surface area contributed by atoms with Crippen LogP contribution in [0, 0.1) is 13.8 Å². The lowest BCUT2D eigenvalue weighted by Gasteiger charge is -2.31. The summed E-state index contributed by atoms with van der Waals surface area (Å²) in [7, 11) is -3.59. The van der Waals surface area contributed by atoms with E-state index in [1.807, 2.05) is 13.8 Å². The van der Waals surface area contributed by atoms with E-state index in [0.29, 0.717) is 10.9 Å². The first kappa shape index (κ1) is 16.8. The molecule has 1 fully saturated rings. The van der Waals surface area contributed by atoms with Crippen LogP contribution in [0.5, 0.6) is 0 Å². The third kappa shape index (κ3) is 2.87. The number of anilines is 1. The molecule has 10 heteroatoms. The van der Waals surface area contributed by atoms with Gasteiger partial charge < -0.3 is 4.52 Å². The van der Waals surface area contributed by atoms with Crippen LogP contribution < -0.4 is 4.90 Å². The number of aryl methyl sites for hydroxylation is 2. The van der Waals surface area contributed by atoms with E-state index in [4.69, 9.17) is 4.52 Å². The minimum Gasteiger partial charge on any atom is -0.361 e. The molecule has 1 aliphatic rings. The van der Waals surface area contributed by atoms with Gasteiger partial charge in [0.1, 0.15) is 5.76 Å². The second-order valence-corrected chi connectivity index (χ2v) is 8.19. The van der Waals surface area contributed by atoms with E-state index in [0.717, 1.165) is 25.8 Å². The summed E-state index contributed by atoms with van der Waals surface area (Å²) in [6.45, 7) is 7.18. The molecule has 2 aromatic rings. The molecule has 0 radical (unpaired) electrons. The number of hydrogen-bond donors (Lipinski definition) is 0. The van der Waals surface area contributed by atoms with Gasteiger partial charge in [0.15, 0.2) is 5.13 Å². The van der Waals surface area contributed by atoms with Crippen LogP contribution in [0.25, 0.3) is 10.4 Å². The molecule has 0 N–H and O–H groups in total. The van der Waals surface area contributed by atoms with Crippen LogP contribution >= 0.6 is 11.3 Å². The number of carbonyl (C=O) groups is 1. The van der Waals surface area contributed by atoms with Gasteiger partial charge in [-0.3, -0.25) is 9.69 Å². The number of carbonyl (C=O) groups excluding carboxylic acids is 1. The minimum absolute atomic E-state index is 0.209. The number of hydrogen-bond acceptors (Lipinski definition) is 7. The molecule has 1 saturated heterocycles. The Morgan fingerprint density at radius 3 is 2.71 bits per heavy atom. The van der Waals surface area contributed by atoms with Crippen molar-refractivity contribution in [3.63, 3.8) is 0 Å². The molecular formula is C14H16N4O4S2. The van der Waals surface area contributed by atoms with Gasteiger partial charge in [0.05, 0.1) is 22.7 Å². The highest BCUT2D eigenvalue weighted by atomic mass is 32.2. The summed E-state index contributed by atoms with van der Waals surface area (Å²) in [5, 5.41) is 5.31. The van der Waals surface area contributed by atoms with Crippen molar-refractivity contribution in [1.29, 1.82) is 0 Å². The van der Waals surface area contributed by atoms with Crippen molar-refractivity contribution in [1.82, 2.24) is 14.4 Å². The van der Waals surface area contributed by atoms with Gasteiger partial charge in [-0.05, 0) is 13.8 Å². The maximum atomic E-state index is 12.3. The lowest BCUT2D eigenvalue weighted by molar-refractivity contribution is -0.119. The van der Waals surface area contributed by atoms with Crippen LogP contribution in [-0.4, -0.2) is 48.4 Å². The van der Waals surface area contributed by atoms with E-state index in [1.54, 1.807) is 6.20 Å². The summed E-state index contributed by atoms with van der Waals surface area (Å²) in [5.74, 6) is 0.377. The van der Waals surface area contributed by atoms with E-state index in [1.165, 1.54) is 16.2 Å². The maximum Gasteiger partial charge on any atom is 0.244 e. The molecule has 24 heavy (non-hydrogen) atoms. The molecule has 1 aliphatic heterocycles. The van der Waals surface area contributed by atoms with Crippen LogP contribution in [0.3, 0.4) is 0 Å². The number of piperazine rings is 1. The second-order valence-electron chi connectivity index (χ2n) is 5.30. The fraction of sp³-hybridized carbons (Fsp3) is 0.357. The summed E-state index contributed by atoms with van der Waals surface area (Å²) in [6, 6.07) is 0. The van der Waals surface area contributed by atoms with Gasteiger partial charge in [-0.25, -0.2) is 13.4 Å². The SMILES string of the molecule is C=CS(=O)(=O)N1CCN(c2ncc(-c3c(C)noc3C)s2)C(=O)C1. The van der Waals surface area contributed by atoms with Gasteiger partial charge in [0.25, 0.3) is 0 Å². The molecule has 8 nitrogen and oxygen atoms in total. The van der Waals surface area contributed by atoms with E-state index < -0.39 is 10.0 Å². The lowest BCUT2D eigenvalue weighted by atomic mass is 10.2. The Morgan fingerprint density at radius 1 is 1.38 bits per heavy atom. The first-order valence-electron chi connectivity index (χ1n) is 7.15. The Bertz CT molecular complexity index is 880. The smallest absolute Gasteiger partial charge is 0.244 e. The molecule has 3 rings (SSSR count). The zero-order valence-electron chi connectivity index (χ0n) is 13.2. The standard InChI is InChI=1S/C14H16N4O4S2/c1-4-24(20,21)17-5-6-18(12(19)8-17)14-15-7-11(23-14)13-9(2)16-22-10(13)3/h4,7H,1,5-6,8H2,2-3H3. The normalized spacial score (nSPS) is 16.6. The van der Waals surface area contributed by atoms with Gasteiger partial charge in [-0.1, -0.05) is 23.1 Å². The van der Waals surface area contributed by atoms with Crippen molar-refractivity contribution in [2.24, 2.45) is 0 Å². The Morgan fingerprint density at radius 2 is 2.12 bits per heavy atom. The average molecular weight is 368 g/mol. The summed E-state index contributed by atoms with van der Waals surface area (Å²) >= 11 is 1.35. The fourth-order valence-corrected chi connectivity index (χ4v) is 4.46.